The molecule has 0 heterocycles. The number of hydrogen-bond donors (Lipinski definition) is 0. The Kier molecular flexibility index (Phi) is 6.63. The van der Waals surface area contributed by atoms with Gasteiger partial charge in [0.1, 0.15) is 0 Å². The van der Waals surface area contributed by atoms with Gasteiger partial charge in [-0.05, 0) is 13.0 Å². The van der Waals surface area contributed by atoms with E-state index in [9.17, 15) is 4.79 Å². The average Bonchev–Trinajstić information content (AvgIpc) is 2.36. The summed E-state index contributed by atoms with van der Waals surface area (Å²) in [6.07, 6.45) is 1.79. The fourth-order valence-electron chi connectivity index (χ4n) is 2.08. The number of hydrogen-bond acceptors (Lipinski definition) is 2. The second kappa shape index (κ2) is 8.07. The van der Waals surface area contributed by atoms with Gasteiger partial charge in [-0.2, -0.15) is 0 Å². The van der Waals surface area contributed by atoms with E-state index in [0.717, 1.165) is 6.04 Å². The van der Waals surface area contributed by atoms with E-state index in [4.69, 9.17) is 4.74 Å². The normalized spacial score (nSPS) is 12.1. The van der Waals surface area contributed by atoms with Gasteiger partial charge in [0.25, 0.3) is 0 Å². The topological polar surface area (TPSA) is 26.3 Å². The third-order valence-electron chi connectivity index (χ3n) is 2.91. The van der Waals surface area contributed by atoms with Crippen molar-refractivity contribution in [3.05, 3.63) is 30.3 Å². The smallest absolute Gasteiger partial charge is 0.305 e. The van der Waals surface area contributed by atoms with Gasteiger partial charge in [0.2, 0.25) is 0 Å². The minimum Gasteiger partial charge on any atom is -0.466 e. The lowest BCUT2D eigenvalue weighted by molar-refractivity contribution is -0.142. The van der Waals surface area contributed by atoms with Crippen LogP contribution in [-0.4, -0.2) is 21.4 Å². The molecule has 0 aromatic heterocycles. The standard InChI is InChI=1S/C14H22O2Si/c1-3-11-17(12-10-14(15)16-4-2)13-8-6-5-7-9-13/h5-9,17H,3-4,10-12H2,1-2H3. The maximum absolute atomic E-state index is 11.4. The molecule has 1 unspecified atom stereocenters. The summed E-state index contributed by atoms with van der Waals surface area (Å²) in [7, 11) is -0.974. The van der Waals surface area contributed by atoms with Crippen LogP contribution in [0.1, 0.15) is 26.7 Å². The molecular formula is C14H22O2Si. The van der Waals surface area contributed by atoms with E-state index in [1.54, 1.807) is 0 Å². The summed E-state index contributed by atoms with van der Waals surface area (Å²) in [5.41, 5.74) is 0. The first-order chi connectivity index (χ1) is 8.27. The average molecular weight is 250 g/mol. The summed E-state index contributed by atoms with van der Waals surface area (Å²) in [5, 5.41) is 1.47. The summed E-state index contributed by atoms with van der Waals surface area (Å²) in [6, 6.07) is 12.9. The summed E-state index contributed by atoms with van der Waals surface area (Å²) in [4.78, 5) is 11.4. The van der Waals surface area contributed by atoms with Crippen LogP contribution >= 0.6 is 0 Å². The van der Waals surface area contributed by atoms with Crippen molar-refractivity contribution in [1.29, 1.82) is 0 Å². The largest absolute Gasteiger partial charge is 0.466 e. The van der Waals surface area contributed by atoms with Crippen molar-refractivity contribution in [2.24, 2.45) is 0 Å². The Balaban J connectivity index is 2.52. The van der Waals surface area contributed by atoms with Crippen molar-refractivity contribution < 1.29 is 9.53 Å². The highest BCUT2D eigenvalue weighted by Crippen LogP contribution is 2.08. The van der Waals surface area contributed by atoms with Crippen molar-refractivity contribution >= 4 is 20.0 Å². The molecule has 3 heteroatoms. The molecule has 2 nitrogen and oxygen atoms in total. The zero-order valence-corrected chi connectivity index (χ0v) is 12.0. The molecule has 0 fully saturated rings. The first-order valence-electron chi connectivity index (χ1n) is 6.48. The Morgan fingerprint density at radius 2 is 1.88 bits per heavy atom. The number of rotatable bonds is 7. The van der Waals surface area contributed by atoms with Crippen LogP contribution in [0.15, 0.2) is 30.3 Å². The third-order valence-corrected chi connectivity index (χ3v) is 6.50. The second-order valence-corrected chi connectivity index (χ2v) is 7.46. The quantitative estimate of drug-likeness (QED) is 0.549. The molecule has 0 bridgehead atoms. The van der Waals surface area contributed by atoms with E-state index >= 15 is 0 Å². The number of ether oxygens (including phenoxy) is 1. The number of esters is 1. The van der Waals surface area contributed by atoms with Crippen LogP contribution < -0.4 is 5.19 Å². The summed E-state index contributed by atoms with van der Waals surface area (Å²) >= 11 is 0. The first kappa shape index (κ1) is 14.0. The van der Waals surface area contributed by atoms with E-state index in [1.165, 1.54) is 17.7 Å². The third kappa shape index (κ3) is 5.17. The van der Waals surface area contributed by atoms with Gasteiger partial charge in [0.05, 0.1) is 15.4 Å². The molecule has 17 heavy (non-hydrogen) atoms. The van der Waals surface area contributed by atoms with Gasteiger partial charge in [-0.1, -0.05) is 54.9 Å². The first-order valence-corrected chi connectivity index (χ1v) is 8.69. The van der Waals surface area contributed by atoms with Gasteiger partial charge in [-0.3, -0.25) is 4.79 Å². The molecule has 1 rings (SSSR count). The van der Waals surface area contributed by atoms with Crippen LogP contribution in [0, 0.1) is 0 Å². The van der Waals surface area contributed by atoms with Crippen LogP contribution in [0.5, 0.6) is 0 Å². The van der Waals surface area contributed by atoms with E-state index in [2.05, 4.69) is 31.2 Å². The monoisotopic (exact) mass is 250 g/mol. The Hall–Kier alpha value is -1.09. The van der Waals surface area contributed by atoms with Crippen LogP contribution in [0.4, 0.5) is 0 Å². The zero-order valence-electron chi connectivity index (χ0n) is 10.8. The highest BCUT2D eigenvalue weighted by atomic mass is 28.3. The fourth-order valence-corrected chi connectivity index (χ4v) is 5.08. The van der Waals surface area contributed by atoms with Crippen molar-refractivity contribution in [2.45, 2.75) is 38.8 Å². The molecule has 94 valence electrons. The van der Waals surface area contributed by atoms with Gasteiger partial charge in [0.15, 0.2) is 0 Å². The molecule has 0 saturated heterocycles. The second-order valence-electron chi connectivity index (χ2n) is 4.24. The molecule has 0 aliphatic heterocycles. The highest BCUT2D eigenvalue weighted by molar-refractivity contribution is 6.73. The predicted octanol–water partition coefficient (Wildman–Crippen LogP) is 2.48. The number of carbonyl (C=O) groups excluding carboxylic acids is 1. The lowest BCUT2D eigenvalue weighted by Crippen LogP contribution is -2.30. The Bertz CT molecular complexity index is 324. The molecule has 0 N–H and O–H groups in total. The molecule has 0 amide bonds. The molecule has 1 atom stereocenters. The molecule has 0 spiro atoms. The Morgan fingerprint density at radius 3 is 2.47 bits per heavy atom. The van der Waals surface area contributed by atoms with Gasteiger partial charge < -0.3 is 4.74 Å². The minimum absolute atomic E-state index is 0.0444. The molecule has 0 radical (unpaired) electrons. The van der Waals surface area contributed by atoms with E-state index < -0.39 is 8.80 Å². The molecule has 0 aliphatic carbocycles. The zero-order chi connectivity index (χ0) is 12.5. The van der Waals surface area contributed by atoms with E-state index in [-0.39, 0.29) is 5.97 Å². The van der Waals surface area contributed by atoms with Crippen molar-refractivity contribution in [3.8, 4) is 0 Å². The van der Waals surface area contributed by atoms with E-state index in [0.29, 0.717) is 13.0 Å². The molecular weight excluding hydrogens is 228 g/mol. The molecule has 1 aromatic rings. The van der Waals surface area contributed by atoms with Crippen LogP contribution in [-0.2, 0) is 9.53 Å². The molecule has 0 saturated carbocycles. The van der Waals surface area contributed by atoms with Gasteiger partial charge in [0, 0.05) is 6.42 Å². The minimum atomic E-state index is -0.974. The SMILES string of the molecule is CCC[SiH](CCC(=O)OCC)c1ccccc1. The lowest BCUT2D eigenvalue weighted by Gasteiger charge is -2.14. The summed E-state index contributed by atoms with van der Waals surface area (Å²) < 4.78 is 4.99. The van der Waals surface area contributed by atoms with E-state index in [1.807, 2.05) is 13.0 Å². The summed E-state index contributed by atoms with van der Waals surface area (Å²) in [6.45, 7) is 4.56. The predicted molar refractivity (Wildman–Crippen MR) is 74.4 cm³/mol. The summed E-state index contributed by atoms with van der Waals surface area (Å²) in [5.74, 6) is -0.0444. The van der Waals surface area contributed by atoms with Crippen molar-refractivity contribution in [2.75, 3.05) is 6.61 Å². The van der Waals surface area contributed by atoms with Crippen molar-refractivity contribution in [3.63, 3.8) is 0 Å². The fraction of sp³-hybridized carbons (Fsp3) is 0.500. The maximum atomic E-state index is 11.4. The van der Waals surface area contributed by atoms with Crippen LogP contribution in [0.2, 0.25) is 12.1 Å². The maximum Gasteiger partial charge on any atom is 0.305 e. The molecule has 1 aromatic carbocycles. The van der Waals surface area contributed by atoms with Crippen LogP contribution in [0.25, 0.3) is 0 Å². The lowest BCUT2D eigenvalue weighted by atomic mass is 10.4. The Morgan fingerprint density at radius 1 is 1.18 bits per heavy atom. The Labute approximate surface area is 106 Å². The highest BCUT2D eigenvalue weighted by Gasteiger charge is 2.14. The van der Waals surface area contributed by atoms with Crippen LogP contribution in [0.3, 0.4) is 0 Å². The van der Waals surface area contributed by atoms with Gasteiger partial charge in [-0.15, -0.1) is 0 Å². The van der Waals surface area contributed by atoms with Gasteiger partial charge >= 0.3 is 5.97 Å². The van der Waals surface area contributed by atoms with Gasteiger partial charge in [-0.25, -0.2) is 0 Å². The number of benzene rings is 1. The number of carbonyl (C=O) groups is 1. The van der Waals surface area contributed by atoms with Crippen molar-refractivity contribution in [1.82, 2.24) is 0 Å². The molecule has 0 aliphatic rings.